The maximum Gasteiger partial charge on any atom is 0.254 e. The van der Waals surface area contributed by atoms with Crippen molar-refractivity contribution < 1.29 is 9.18 Å². The largest absolute Gasteiger partial charge is 0.373 e. The van der Waals surface area contributed by atoms with Gasteiger partial charge in [-0.1, -0.05) is 34.1 Å². The Kier molecular flexibility index (Phi) is 5.33. The molecule has 0 aliphatic carbocycles. The maximum absolute atomic E-state index is 13.7. The second-order valence-electron chi connectivity index (χ2n) is 4.64. The fourth-order valence-electron chi connectivity index (χ4n) is 1.92. The van der Waals surface area contributed by atoms with Gasteiger partial charge in [-0.05, 0) is 30.3 Å². The first-order valence-corrected chi connectivity index (χ1v) is 7.36. The predicted octanol–water partition coefficient (Wildman–Crippen LogP) is 3.45. The Bertz CT molecular complexity index is 619. The van der Waals surface area contributed by atoms with Crippen LogP contribution in [0.5, 0.6) is 0 Å². The molecule has 5 heteroatoms. The zero-order valence-corrected chi connectivity index (χ0v) is 13.2. The van der Waals surface area contributed by atoms with Gasteiger partial charge in [0.05, 0.1) is 5.56 Å². The van der Waals surface area contributed by atoms with Gasteiger partial charge in [0.1, 0.15) is 5.82 Å². The quantitative estimate of drug-likeness (QED) is 0.895. The van der Waals surface area contributed by atoms with Crippen LogP contribution in [-0.2, 0) is 0 Å². The third kappa shape index (κ3) is 4.29. The zero-order valence-electron chi connectivity index (χ0n) is 11.6. The fourth-order valence-corrected chi connectivity index (χ4v) is 2.25. The Morgan fingerprint density at radius 2 is 1.95 bits per heavy atom. The molecule has 0 radical (unpaired) electrons. The average molecular weight is 351 g/mol. The second kappa shape index (κ2) is 7.22. The first-order valence-electron chi connectivity index (χ1n) is 6.57. The van der Waals surface area contributed by atoms with E-state index in [4.69, 9.17) is 0 Å². The third-order valence-electron chi connectivity index (χ3n) is 3.11. The summed E-state index contributed by atoms with van der Waals surface area (Å²) in [5, 5.41) is 2.72. The van der Waals surface area contributed by atoms with Crippen LogP contribution in [0.2, 0.25) is 0 Å². The monoisotopic (exact) mass is 350 g/mol. The Morgan fingerprint density at radius 1 is 1.24 bits per heavy atom. The highest BCUT2D eigenvalue weighted by atomic mass is 79.9. The van der Waals surface area contributed by atoms with Gasteiger partial charge in [-0.2, -0.15) is 0 Å². The van der Waals surface area contributed by atoms with Crippen LogP contribution in [0.15, 0.2) is 53.0 Å². The van der Waals surface area contributed by atoms with Gasteiger partial charge >= 0.3 is 0 Å². The Morgan fingerprint density at radius 3 is 2.62 bits per heavy atom. The molecule has 2 rings (SSSR count). The number of amides is 1. The van der Waals surface area contributed by atoms with E-state index in [-0.39, 0.29) is 5.56 Å². The smallest absolute Gasteiger partial charge is 0.254 e. The molecule has 0 aromatic heterocycles. The van der Waals surface area contributed by atoms with Crippen molar-refractivity contribution in [2.45, 2.75) is 0 Å². The van der Waals surface area contributed by atoms with E-state index in [1.165, 1.54) is 12.1 Å². The molecule has 1 N–H and O–H groups in total. The zero-order chi connectivity index (χ0) is 15.2. The Labute approximate surface area is 131 Å². The molecule has 0 saturated carbocycles. The summed E-state index contributed by atoms with van der Waals surface area (Å²) in [7, 11) is 1.95. The van der Waals surface area contributed by atoms with Gasteiger partial charge in [-0.15, -0.1) is 0 Å². The standard InChI is InChI=1S/C16H16BrFN2O/c1-20(13-5-3-2-4-6-13)10-9-19-16(21)14-8-7-12(17)11-15(14)18/h2-8,11H,9-10H2,1H3,(H,19,21). The first-order chi connectivity index (χ1) is 10.1. The Hall–Kier alpha value is -1.88. The van der Waals surface area contributed by atoms with Crippen molar-refractivity contribution in [2.75, 3.05) is 25.0 Å². The number of nitrogens with one attached hydrogen (secondary N) is 1. The summed E-state index contributed by atoms with van der Waals surface area (Å²) in [6, 6.07) is 14.3. The lowest BCUT2D eigenvalue weighted by molar-refractivity contribution is 0.0950. The van der Waals surface area contributed by atoms with Crippen molar-refractivity contribution >= 4 is 27.5 Å². The molecule has 0 atom stereocenters. The molecule has 110 valence electrons. The molecule has 3 nitrogen and oxygen atoms in total. The van der Waals surface area contributed by atoms with E-state index in [9.17, 15) is 9.18 Å². The number of para-hydroxylation sites is 1. The van der Waals surface area contributed by atoms with Crippen molar-refractivity contribution in [1.29, 1.82) is 0 Å². The molecule has 0 unspecified atom stereocenters. The number of carbonyl (C=O) groups excluding carboxylic acids is 1. The van der Waals surface area contributed by atoms with Crippen LogP contribution in [0.25, 0.3) is 0 Å². The molecule has 0 bridgehead atoms. The van der Waals surface area contributed by atoms with E-state index >= 15 is 0 Å². The number of anilines is 1. The summed E-state index contributed by atoms with van der Waals surface area (Å²) in [6.07, 6.45) is 0. The third-order valence-corrected chi connectivity index (χ3v) is 3.60. The number of rotatable bonds is 5. The van der Waals surface area contributed by atoms with E-state index in [2.05, 4.69) is 21.2 Å². The minimum absolute atomic E-state index is 0.0561. The molecule has 2 aromatic rings. The van der Waals surface area contributed by atoms with Crippen molar-refractivity contribution in [1.82, 2.24) is 5.32 Å². The molecule has 0 aliphatic heterocycles. The summed E-state index contributed by atoms with van der Waals surface area (Å²) < 4.78 is 14.3. The van der Waals surface area contributed by atoms with Crippen molar-refractivity contribution in [3.05, 3.63) is 64.4 Å². The first kappa shape index (κ1) is 15.5. The molecule has 1 amide bonds. The van der Waals surface area contributed by atoms with E-state index in [1.54, 1.807) is 6.07 Å². The molecule has 0 heterocycles. The minimum atomic E-state index is -0.529. The summed E-state index contributed by atoms with van der Waals surface area (Å²) in [5.74, 6) is -0.931. The van der Waals surface area contributed by atoms with Crippen molar-refractivity contribution in [3.8, 4) is 0 Å². The summed E-state index contributed by atoms with van der Waals surface area (Å²) in [5.41, 5.74) is 1.13. The summed E-state index contributed by atoms with van der Waals surface area (Å²) in [4.78, 5) is 13.9. The van der Waals surface area contributed by atoms with Crippen molar-refractivity contribution in [3.63, 3.8) is 0 Å². The van der Waals surface area contributed by atoms with E-state index in [0.29, 0.717) is 17.6 Å². The normalized spacial score (nSPS) is 10.2. The lowest BCUT2D eigenvalue weighted by Crippen LogP contribution is -2.33. The van der Waals surface area contributed by atoms with Crippen LogP contribution in [0.3, 0.4) is 0 Å². The minimum Gasteiger partial charge on any atom is -0.373 e. The molecule has 0 spiro atoms. The number of nitrogens with zero attached hydrogens (tertiary/aromatic N) is 1. The number of benzene rings is 2. The second-order valence-corrected chi connectivity index (χ2v) is 5.55. The predicted molar refractivity (Wildman–Crippen MR) is 86.1 cm³/mol. The van der Waals surface area contributed by atoms with E-state index < -0.39 is 11.7 Å². The van der Waals surface area contributed by atoms with Crippen LogP contribution in [0.4, 0.5) is 10.1 Å². The molecule has 0 aliphatic rings. The number of halogens is 2. The van der Waals surface area contributed by atoms with Crippen LogP contribution in [0, 0.1) is 5.82 Å². The van der Waals surface area contributed by atoms with Gasteiger partial charge < -0.3 is 10.2 Å². The fraction of sp³-hybridized carbons (Fsp3) is 0.188. The number of carbonyl (C=O) groups is 1. The summed E-state index contributed by atoms with van der Waals surface area (Å²) >= 11 is 3.16. The average Bonchev–Trinajstić information content (AvgIpc) is 2.47. The highest BCUT2D eigenvalue weighted by Gasteiger charge is 2.11. The van der Waals surface area contributed by atoms with Crippen LogP contribution < -0.4 is 10.2 Å². The SMILES string of the molecule is CN(CCNC(=O)c1ccc(Br)cc1F)c1ccccc1. The lowest BCUT2D eigenvalue weighted by Gasteiger charge is -2.19. The van der Waals surface area contributed by atoms with Gasteiger partial charge in [0.25, 0.3) is 5.91 Å². The van der Waals surface area contributed by atoms with E-state index in [0.717, 1.165) is 5.69 Å². The lowest BCUT2D eigenvalue weighted by atomic mass is 10.2. The molecule has 2 aromatic carbocycles. The number of hydrogen-bond donors (Lipinski definition) is 1. The van der Waals surface area contributed by atoms with Gasteiger partial charge in [-0.25, -0.2) is 4.39 Å². The molecular formula is C16H16BrFN2O. The van der Waals surface area contributed by atoms with Gasteiger partial charge in [0, 0.05) is 30.3 Å². The highest BCUT2D eigenvalue weighted by Crippen LogP contribution is 2.15. The van der Waals surface area contributed by atoms with Gasteiger partial charge in [-0.3, -0.25) is 4.79 Å². The number of hydrogen-bond acceptors (Lipinski definition) is 2. The topological polar surface area (TPSA) is 32.3 Å². The van der Waals surface area contributed by atoms with Crippen LogP contribution in [-0.4, -0.2) is 26.0 Å². The molecule has 0 fully saturated rings. The number of likely N-dealkylation sites (N-methyl/N-ethyl adjacent to an activating group) is 1. The molecular weight excluding hydrogens is 335 g/mol. The van der Waals surface area contributed by atoms with Gasteiger partial charge in [0.2, 0.25) is 0 Å². The Balaban J connectivity index is 1.87. The summed E-state index contributed by atoms with van der Waals surface area (Å²) in [6.45, 7) is 1.09. The van der Waals surface area contributed by atoms with Gasteiger partial charge in [0.15, 0.2) is 0 Å². The van der Waals surface area contributed by atoms with Crippen LogP contribution >= 0.6 is 15.9 Å². The highest BCUT2D eigenvalue weighted by molar-refractivity contribution is 9.10. The molecule has 0 saturated heterocycles. The van der Waals surface area contributed by atoms with Crippen molar-refractivity contribution in [2.24, 2.45) is 0 Å². The van der Waals surface area contributed by atoms with E-state index in [1.807, 2.05) is 42.3 Å². The van der Waals surface area contributed by atoms with Crippen LogP contribution in [0.1, 0.15) is 10.4 Å². The molecule has 21 heavy (non-hydrogen) atoms. The maximum atomic E-state index is 13.7.